The van der Waals surface area contributed by atoms with Crippen LogP contribution < -0.4 is 15.4 Å². The fourth-order valence-electron chi connectivity index (χ4n) is 7.29. The van der Waals surface area contributed by atoms with E-state index in [4.69, 9.17) is 10.5 Å². The molecule has 6 amide bonds. The van der Waals surface area contributed by atoms with E-state index >= 15 is 0 Å². The number of para-hydroxylation sites is 1. The highest BCUT2D eigenvalue weighted by Gasteiger charge is 2.68. The zero-order chi connectivity index (χ0) is 27.8. The molecule has 2 heterocycles. The third kappa shape index (κ3) is 3.23. The lowest BCUT2D eigenvalue weighted by Gasteiger charge is -2.49. The van der Waals surface area contributed by atoms with Crippen LogP contribution in [0.1, 0.15) is 31.2 Å². The Kier molecular flexibility index (Phi) is 5.43. The fraction of sp³-hybridized carbons (Fsp3) is 0.345. The number of imide groups is 4. The summed E-state index contributed by atoms with van der Waals surface area (Å²) in [5, 5.41) is 11.1. The third-order valence-electron chi connectivity index (χ3n) is 9.06. The molecule has 3 fully saturated rings. The number of nitrogens with two attached hydrogens (primary N) is 1. The molecule has 0 unspecified atom stereocenters. The van der Waals surface area contributed by atoms with E-state index in [2.05, 4.69) is 0 Å². The van der Waals surface area contributed by atoms with Gasteiger partial charge in [-0.1, -0.05) is 35.9 Å². The van der Waals surface area contributed by atoms with Crippen LogP contribution in [-0.2, 0) is 19.2 Å². The number of nitrogens with zero attached hydrogens (tertiary/aromatic N) is 2. The van der Waals surface area contributed by atoms with Crippen LogP contribution in [0, 0.1) is 29.1 Å². The summed E-state index contributed by atoms with van der Waals surface area (Å²) in [7, 11) is 1.47. The van der Waals surface area contributed by atoms with Crippen molar-refractivity contribution in [2.24, 2.45) is 34.8 Å². The number of hydrogen-bond acceptors (Lipinski definition) is 7. The number of amides is 6. The molecule has 39 heavy (non-hydrogen) atoms. The molecule has 2 aromatic rings. The topological polar surface area (TPSA) is 147 Å². The first-order chi connectivity index (χ1) is 18.6. The number of carbonyl (C=O) groups excluding carboxylic acids is 5. The number of rotatable bonds is 3. The Morgan fingerprint density at radius 3 is 2.38 bits per heavy atom. The maximum Gasteiger partial charge on any atom is 0.328 e. The van der Waals surface area contributed by atoms with Gasteiger partial charge in [0, 0.05) is 17.5 Å². The van der Waals surface area contributed by atoms with Crippen LogP contribution in [-0.4, -0.2) is 46.8 Å². The van der Waals surface area contributed by atoms with Gasteiger partial charge < -0.3 is 15.6 Å². The predicted molar refractivity (Wildman–Crippen MR) is 137 cm³/mol. The number of likely N-dealkylation sites (tertiary alicyclic amines) is 1. The van der Waals surface area contributed by atoms with E-state index in [1.807, 2.05) is 6.08 Å². The molecular weight excluding hydrogens is 502 g/mol. The Morgan fingerprint density at radius 1 is 1.03 bits per heavy atom. The molecule has 10 heteroatoms. The van der Waals surface area contributed by atoms with Crippen molar-refractivity contribution < 1.29 is 33.8 Å². The summed E-state index contributed by atoms with van der Waals surface area (Å²) in [6, 6.07) is 12.3. The number of phenols is 1. The Bertz CT molecular complexity index is 1480. The second-order valence-electron chi connectivity index (χ2n) is 10.8. The number of fused-ring (bicyclic) bond motifs is 4. The summed E-state index contributed by atoms with van der Waals surface area (Å²) in [6.45, 7) is 1.73. The van der Waals surface area contributed by atoms with Gasteiger partial charge in [0.15, 0.2) is 0 Å². The molecular formula is C29H27N3O7. The van der Waals surface area contributed by atoms with Gasteiger partial charge in [-0.2, -0.15) is 4.90 Å². The zero-order valence-corrected chi connectivity index (χ0v) is 21.4. The normalized spacial score (nSPS) is 31.5. The van der Waals surface area contributed by atoms with Gasteiger partial charge in [-0.05, 0) is 43.9 Å². The zero-order valence-electron chi connectivity index (χ0n) is 21.4. The number of hydrogen-bond donors (Lipinski definition) is 2. The van der Waals surface area contributed by atoms with Crippen molar-refractivity contribution in [3.8, 4) is 11.5 Å². The smallest absolute Gasteiger partial charge is 0.328 e. The molecule has 0 radical (unpaired) electrons. The molecule has 2 aliphatic carbocycles. The van der Waals surface area contributed by atoms with Gasteiger partial charge in [0.05, 0.1) is 36.0 Å². The summed E-state index contributed by atoms with van der Waals surface area (Å²) in [5.41, 5.74) is 5.63. The predicted octanol–water partition coefficient (Wildman–Crippen LogP) is 2.71. The van der Waals surface area contributed by atoms with Crippen molar-refractivity contribution in [1.82, 2.24) is 4.90 Å². The first-order valence-electron chi connectivity index (χ1n) is 12.8. The quantitative estimate of drug-likeness (QED) is 0.459. The summed E-state index contributed by atoms with van der Waals surface area (Å²) < 4.78 is 5.25. The summed E-state index contributed by atoms with van der Waals surface area (Å²) >= 11 is 0. The van der Waals surface area contributed by atoms with E-state index < -0.39 is 64.7 Å². The highest BCUT2D eigenvalue weighted by molar-refractivity contribution is 6.24. The summed E-state index contributed by atoms with van der Waals surface area (Å²) in [5.74, 6) is -5.76. The van der Waals surface area contributed by atoms with Crippen molar-refractivity contribution in [3.63, 3.8) is 0 Å². The SMILES string of the molecule is COc1ccc([C@H]2C3=CC[C@@H]4C(=O)N(C(N)=O)C(=O)[C@@H]4[C@@H]3C[C@H]3C(=O)N(c4ccccc4)C(=O)[C@@]23C)c(O)c1. The van der Waals surface area contributed by atoms with Crippen LogP contribution in [0.25, 0.3) is 0 Å². The Hall–Kier alpha value is -4.47. The molecule has 2 aromatic carbocycles. The van der Waals surface area contributed by atoms with Gasteiger partial charge in [0.1, 0.15) is 11.5 Å². The Balaban J connectivity index is 1.54. The maximum atomic E-state index is 14.2. The Labute approximate surface area is 224 Å². The van der Waals surface area contributed by atoms with Crippen molar-refractivity contribution in [1.29, 1.82) is 0 Å². The van der Waals surface area contributed by atoms with Crippen LogP contribution in [0.5, 0.6) is 11.5 Å². The van der Waals surface area contributed by atoms with E-state index in [0.29, 0.717) is 27.5 Å². The number of methoxy groups -OCH3 is 1. The Morgan fingerprint density at radius 2 is 1.74 bits per heavy atom. The molecule has 3 N–H and O–H groups in total. The first-order valence-corrected chi connectivity index (χ1v) is 12.8. The van der Waals surface area contributed by atoms with E-state index in [0.717, 1.165) is 0 Å². The number of aromatic hydroxyl groups is 1. The first kappa shape index (κ1) is 24.8. The molecule has 0 bridgehead atoms. The lowest BCUT2D eigenvalue weighted by Crippen LogP contribution is -2.49. The lowest BCUT2D eigenvalue weighted by molar-refractivity contribution is -0.136. The number of carbonyl (C=O) groups is 5. The minimum atomic E-state index is -1.29. The molecule has 4 aliphatic rings. The molecule has 200 valence electrons. The van der Waals surface area contributed by atoms with Crippen LogP contribution in [0.3, 0.4) is 0 Å². The second kappa shape index (κ2) is 8.52. The lowest BCUT2D eigenvalue weighted by atomic mass is 9.51. The fourth-order valence-corrected chi connectivity index (χ4v) is 7.29. The van der Waals surface area contributed by atoms with Crippen molar-refractivity contribution >= 4 is 35.3 Å². The van der Waals surface area contributed by atoms with E-state index in [9.17, 15) is 29.1 Å². The molecule has 1 saturated carbocycles. The molecule has 10 nitrogen and oxygen atoms in total. The van der Waals surface area contributed by atoms with Gasteiger partial charge in [-0.15, -0.1) is 0 Å². The molecule has 2 saturated heterocycles. The van der Waals surface area contributed by atoms with Crippen LogP contribution in [0.4, 0.5) is 10.5 Å². The average Bonchev–Trinajstić information content (AvgIpc) is 3.29. The monoisotopic (exact) mass is 529 g/mol. The minimum absolute atomic E-state index is 0.117. The summed E-state index contributed by atoms with van der Waals surface area (Å²) in [6.07, 6.45) is 2.14. The van der Waals surface area contributed by atoms with Crippen molar-refractivity contribution in [3.05, 3.63) is 65.7 Å². The second-order valence-corrected chi connectivity index (χ2v) is 10.8. The maximum absolute atomic E-state index is 14.2. The number of urea groups is 1. The molecule has 6 rings (SSSR count). The van der Waals surface area contributed by atoms with Gasteiger partial charge in [0.25, 0.3) is 0 Å². The number of benzene rings is 2. The molecule has 0 spiro atoms. The number of allylic oxidation sites excluding steroid dienone is 2. The van der Waals surface area contributed by atoms with E-state index in [1.54, 1.807) is 49.4 Å². The molecule has 0 aromatic heterocycles. The van der Waals surface area contributed by atoms with Gasteiger partial charge in [-0.25, -0.2) is 9.69 Å². The number of primary amides is 1. The van der Waals surface area contributed by atoms with Gasteiger partial charge in [0.2, 0.25) is 23.6 Å². The number of anilines is 1. The van der Waals surface area contributed by atoms with Crippen LogP contribution >= 0.6 is 0 Å². The standard InChI is InChI=1S/C29H27N3O7/c1-29-20(25(35)31(27(29)37)14-6-4-3-5-7-14)13-19-16(23(29)17-9-8-15(39-2)12-21(17)33)10-11-18-22(19)26(36)32(24(18)34)28(30)38/h3-10,12,18-20,22-23,33H,11,13H2,1-2H3,(H2,30,38)/t18-,19+,20-,22-,23+,29+/m0/s1. The number of phenolic OH excluding ortho intramolecular Hbond substituents is 1. The minimum Gasteiger partial charge on any atom is -0.508 e. The van der Waals surface area contributed by atoms with Crippen LogP contribution in [0.2, 0.25) is 0 Å². The van der Waals surface area contributed by atoms with Gasteiger partial charge in [-0.3, -0.25) is 19.2 Å². The third-order valence-corrected chi connectivity index (χ3v) is 9.06. The van der Waals surface area contributed by atoms with E-state index in [-0.39, 0.29) is 18.6 Å². The number of ether oxygens (including phenoxy) is 1. The molecule has 2 aliphatic heterocycles. The average molecular weight is 530 g/mol. The molecule has 6 atom stereocenters. The highest BCUT2D eigenvalue weighted by atomic mass is 16.5. The van der Waals surface area contributed by atoms with Crippen molar-refractivity contribution in [2.75, 3.05) is 12.0 Å². The van der Waals surface area contributed by atoms with Crippen molar-refractivity contribution in [2.45, 2.75) is 25.7 Å². The summed E-state index contributed by atoms with van der Waals surface area (Å²) in [4.78, 5) is 68.2. The van der Waals surface area contributed by atoms with E-state index in [1.165, 1.54) is 18.1 Å². The largest absolute Gasteiger partial charge is 0.508 e. The van der Waals surface area contributed by atoms with Gasteiger partial charge >= 0.3 is 6.03 Å². The van der Waals surface area contributed by atoms with Crippen LogP contribution in [0.15, 0.2) is 60.2 Å². The highest BCUT2D eigenvalue weighted by Crippen LogP contribution is 2.64.